The Kier molecular flexibility index (Phi) is 5.20. The van der Waals surface area contributed by atoms with E-state index >= 15 is 0 Å². The maximum absolute atomic E-state index is 14.3. The number of methoxy groups -OCH3 is 1. The van der Waals surface area contributed by atoms with Crippen LogP contribution in [0.2, 0.25) is 0 Å². The van der Waals surface area contributed by atoms with Gasteiger partial charge >= 0.3 is 0 Å². The van der Waals surface area contributed by atoms with Gasteiger partial charge in [0, 0.05) is 19.0 Å². The molecular weight excluding hydrogens is 450 g/mol. The minimum atomic E-state index is -0.831. The predicted molar refractivity (Wildman–Crippen MR) is 126 cm³/mol. The van der Waals surface area contributed by atoms with Gasteiger partial charge < -0.3 is 13.7 Å². The molecule has 35 heavy (non-hydrogen) atoms. The summed E-state index contributed by atoms with van der Waals surface area (Å²) in [4.78, 5) is 4.18. The Morgan fingerprint density at radius 3 is 2.69 bits per heavy atom. The number of oxazole rings is 1. The van der Waals surface area contributed by atoms with Crippen molar-refractivity contribution in [1.29, 1.82) is 0 Å². The van der Waals surface area contributed by atoms with Crippen LogP contribution < -0.4 is 4.74 Å². The molecule has 1 unspecified atom stereocenters. The Hall–Kier alpha value is -3.55. The van der Waals surface area contributed by atoms with E-state index in [1.54, 1.807) is 26.3 Å². The minimum Gasteiger partial charge on any atom is -0.496 e. The molecule has 3 heterocycles. The van der Waals surface area contributed by atoms with Crippen LogP contribution in [0, 0.1) is 24.5 Å². The Balaban J connectivity index is 1.45. The number of hydrogen-bond acceptors (Lipinski definition) is 5. The van der Waals surface area contributed by atoms with E-state index in [9.17, 15) is 8.78 Å². The number of nitrogens with zero attached hydrogens (tertiary/aromatic N) is 4. The Morgan fingerprint density at radius 2 is 1.97 bits per heavy atom. The lowest BCUT2D eigenvalue weighted by Crippen LogP contribution is -2.36. The first-order chi connectivity index (χ1) is 17.0. The van der Waals surface area contributed by atoms with E-state index in [1.807, 2.05) is 18.2 Å². The highest BCUT2D eigenvalue weighted by atomic mass is 19.2. The van der Waals surface area contributed by atoms with Crippen LogP contribution in [0.3, 0.4) is 0 Å². The minimum absolute atomic E-state index is 0.486. The predicted octanol–water partition coefficient (Wildman–Crippen LogP) is 6.08. The fourth-order valence-corrected chi connectivity index (χ4v) is 5.45. The monoisotopic (exact) mass is 476 g/mol. The second-order valence-electron chi connectivity index (χ2n) is 9.62. The number of aromatic nitrogens is 4. The third-order valence-electron chi connectivity index (χ3n) is 7.32. The molecule has 0 spiro atoms. The molecule has 1 fully saturated rings. The van der Waals surface area contributed by atoms with Crippen molar-refractivity contribution < 1.29 is 17.9 Å². The van der Waals surface area contributed by atoms with Gasteiger partial charge in [-0.05, 0) is 55.0 Å². The summed E-state index contributed by atoms with van der Waals surface area (Å²) < 4.78 is 41.6. The number of benzene rings is 2. The Labute approximate surface area is 202 Å². The van der Waals surface area contributed by atoms with Gasteiger partial charge in [0.05, 0.1) is 24.3 Å². The summed E-state index contributed by atoms with van der Waals surface area (Å²) in [6.07, 6.45) is 6.59. The highest BCUT2D eigenvalue weighted by Crippen LogP contribution is 2.50. The summed E-state index contributed by atoms with van der Waals surface area (Å²) in [5.74, 6) is 2.35. The van der Waals surface area contributed by atoms with Crippen LogP contribution in [0.25, 0.3) is 22.7 Å². The van der Waals surface area contributed by atoms with E-state index in [-0.39, 0.29) is 0 Å². The first-order valence-electron chi connectivity index (χ1n) is 12.0. The second kappa shape index (κ2) is 8.29. The number of ether oxygens (including phenoxy) is 1. The van der Waals surface area contributed by atoms with Crippen molar-refractivity contribution in [3.05, 3.63) is 71.5 Å². The van der Waals surface area contributed by atoms with Crippen LogP contribution in [0.1, 0.15) is 49.4 Å². The van der Waals surface area contributed by atoms with Crippen LogP contribution in [0.15, 0.2) is 47.0 Å². The van der Waals surface area contributed by atoms with Crippen molar-refractivity contribution >= 4 is 0 Å². The lowest BCUT2D eigenvalue weighted by atomic mass is 9.70. The van der Waals surface area contributed by atoms with E-state index in [4.69, 9.17) is 9.15 Å². The van der Waals surface area contributed by atoms with Gasteiger partial charge in [0.1, 0.15) is 11.6 Å². The summed E-state index contributed by atoms with van der Waals surface area (Å²) in [6, 6.07) is 10.1. The van der Waals surface area contributed by atoms with Crippen LogP contribution in [-0.4, -0.2) is 26.9 Å². The second-order valence-corrected chi connectivity index (χ2v) is 9.62. The summed E-state index contributed by atoms with van der Waals surface area (Å²) >= 11 is 0. The third-order valence-corrected chi connectivity index (χ3v) is 7.32. The molecule has 1 atom stereocenters. The molecule has 0 saturated heterocycles. The van der Waals surface area contributed by atoms with Crippen molar-refractivity contribution in [3.63, 3.8) is 0 Å². The largest absolute Gasteiger partial charge is 0.496 e. The van der Waals surface area contributed by atoms with Crippen molar-refractivity contribution in [2.45, 2.75) is 51.0 Å². The molecule has 2 aromatic heterocycles. The van der Waals surface area contributed by atoms with Gasteiger partial charge in [0.2, 0.25) is 0 Å². The van der Waals surface area contributed by atoms with Gasteiger partial charge in [-0.15, -0.1) is 10.2 Å². The van der Waals surface area contributed by atoms with Crippen molar-refractivity contribution in [2.75, 3.05) is 7.11 Å². The third kappa shape index (κ3) is 3.72. The topological polar surface area (TPSA) is 66.0 Å². The molecule has 180 valence electrons. The zero-order chi connectivity index (χ0) is 24.2. The molecule has 8 heteroatoms. The number of hydrogen-bond donors (Lipinski definition) is 0. The molecule has 0 N–H and O–H groups in total. The van der Waals surface area contributed by atoms with Gasteiger partial charge in [-0.2, -0.15) is 0 Å². The molecule has 2 aromatic carbocycles. The maximum atomic E-state index is 14.3. The molecular formula is C27H26F2N4O2. The van der Waals surface area contributed by atoms with Gasteiger partial charge in [0.25, 0.3) is 0 Å². The van der Waals surface area contributed by atoms with Crippen molar-refractivity contribution in [2.24, 2.45) is 5.92 Å². The van der Waals surface area contributed by atoms with Gasteiger partial charge in [0.15, 0.2) is 29.1 Å². The van der Waals surface area contributed by atoms with Crippen molar-refractivity contribution in [1.82, 2.24) is 19.7 Å². The summed E-state index contributed by atoms with van der Waals surface area (Å²) in [7, 11) is 1.62. The van der Waals surface area contributed by atoms with E-state index in [0.29, 0.717) is 23.3 Å². The smallest absolute Gasteiger partial charge is 0.191 e. The first kappa shape index (κ1) is 21.9. The van der Waals surface area contributed by atoms with Gasteiger partial charge in [-0.3, -0.25) is 0 Å². The van der Waals surface area contributed by atoms with Crippen LogP contribution in [-0.2, 0) is 12.0 Å². The zero-order valence-corrected chi connectivity index (χ0v) is 19.7. The maximum Gasteiger partial charge on any atom is 0.191 e. The Morgan fingerprint density at radius 1 is 1.11 bits per heavy atom. The summed E-state index contributed by atoms with van der Waals surface area (Å²) in [5, 5.41) is 9.26. The molecule has 0 bridgehead atoms. The molecule has 4 aromatic rings. The summed E-state index contributed by atoms with van der Waals surface area (Å²) in [6.45, 7) is 2.56. The molecule has 6 rings (SSSR count). The molecule has 1 saturated carbocycles. The van der Waals surface area contributed by atoms with E-state index in [2.05, 4.69) is 19.7 Å². The van der Waals surface area contributed by atoms with Crippen LogP contribution in [0.5, 0.6) is 5.75 Å². The fraction of sp³-hybridized carbons (Fsp3) is 0.370. The van der Waals surface area contributed by atoms with E-state index in [1.165, 1.54) is 12.1 Å². The molecule has 6 nitrogen and oxygen atoms in total. The zero-order valence-electron chi connectivity index (χ0n) is 19.7. The number of fused-ring (bicyclic) bond motifs is 1. The quantitative estimate of drug-likeness (QED) is 0.338. The molecule has 1 aliphatic heterocycles. The molecule has 2 aliphatic rings. The average Bonchev–Trinajstić information content (AvgIpc) is 3.39. The first-order valence-corrected chi connectivity index (χ1v) is 12.0. The molecule has 0 amide bonds. The highest BCUT2D eigenvalue weighted by Gasteiger charge is 2.45. The SMILES string of the molecule is COc1cc(-c2nnc3n2CCCC3(CC2CC2)c2ccc(F)c(F)c2)ccc1-c1cnc(C)o1. The van der Waals surface area contributed by atoms with Crippen LogP contribution in [0.4, 0.5) is 8.78 Å². The Bertz CT molecular complexity index is 1410. The highest BCUT2D eigenvalue weighted by molar-refractivity contribution is 5.71. The lowest BCUT2D eigenvalue weighted by Gasteiger charge is -2.38. The van der Waals surface area contributed by atoms with Crippen molar-refractivity contribution in [3.8, 4) is 28.5 Å². The number of aryl methyl sites for hydroxylation is 1. The normalized spacial score (nSPS) is 19.5. The van der Waals surface area contributed by atoms with Crippen LogP contribution >= 0.6 is 0 Å². The summed E-state index contributed by atoms with van der Waals surface area (Å²) in [5.41, 5.74) is 1.96. The molecule has 0 radical (unpaired) electrons. The number of rotatable bonds is 6. The molecule has 1 aliphatic carbocycles. The standard InChI is InChI=1S/C27H26F2N4O2/c1-16-30-15-24(35-16)20-8-6-18(12-23(20)34-2)25-31-32-26-27(14-17-4-5-17,10-3-11-33(25)26)19-7-9-21(28)22(29)13-19/h6-9,12-13,15,17H,3-5,10-11,14H2,1-2H3. The van der Waals surface area contributed by atoms with E-state index < -0.39 is 17.0 Å². The van der Waals surface area contributed by atoms with Gasteiger partial charge in [-0.25, -0.2) is 13.8 Å². The number of halogens is 2. The average molecular weight is 477 g/mol. The fourth-order valence-electron chi connectivity index (χ4n) is 5.45. The van der Waals surface area contributed by atoms with Gasteiger partial charge in [-0.1, -0.05) is 25.0 Å². The lowest BCUT2D eigenvalue weighted by molar-refractivity contribution is 0.316. The van der Waals surface area contributed by atoms with E-state index in [0.717, 1.165) is 67.0 Å².